The second-order valence-electron chi connectivity index (χ2n) is 2.30. The van der Waals surface area contributed by atoms with Crippen molar-refractivity contribution in [2.75, 3.05) is 0 Å². The van der Waals surface area contributed by atoms with Gasteiger partial charge in [0.25, 0.3) is 0 Å². The van der Waals surface area contributed by atoms with Crippen molar-refractivity contribution in [2.24, 2.45) is 0 Å². The molecule has 2 N–H and O–H groups in total. The third kappa shape index (κ3) is 1.97. The van der Waals surface area contributed by atoms with Crippen molar-refractivity contribution in [3.05, 3.63) is 24.3 Å². The van der Waals surface area contributed by atoms with Crippen molar-refractivity contribution < 1.29 is 49.7 Å². The van der Waals surface area contributed by atoms with Gasteiger partial charge in [0.2, 0.25) is 0 Å². The van der Waals surface area contributed by atoms with Crippen molar-refractivity contribution in [3.8, 4) is 0 Å². The molecule has 2 atom stereocenters. The summed E-state index contributed by atoms with van der Waals surface area (Å²) in [5.41, 5.74) is -2.27. The van der Waals surface area contributed by atoms with Gasteiger partial charge in [0.1, 0.15) is 6.10 Å². The Balaban J connectivity index is 0.00000121. The third-order valence-corrected chi connectivity index (χ3v) is 1.53. The van der Waals surface area contributed by atoms with Crippen molar-refractivity contribution in [3.63, 3.8) is 0 Å². The molecule has 5 heteroatoms. The third-order valence-electron chi connectivity index (χ3n) is 1.53. The maximum absolute atomic E-state index is 10.3. The van der Waals surface area contributed by atoms with E-state index >= 15 is 0 Å². The molecule has 2 unspecified atom stereocenters. The van der Waals surface area contributed by atoms with E-state index in [0.29, 0.717) is 0 Å². The monoisotopic (exact) mass is 178 g/mol. The number of rotatable bonds is 1. The molecule has 0 saturated heterocycles. The molecular formula is C7H7NaO4. The quantitative estimate of drug-likeness (QED) is 0.394. The second-order valence-corrected chi connectivity index (χ2v) is 2.30. The molecule has 1 aliphatic rings. The van der Waals surface area contributed by atoms with Crippen LogP contribution in [0.25, 0.3) is 0 Å². The van der Waals surface area contributed by atoms with Crippen LogP contribution in [-0.2, 0) is 4.79 Å². The number of carbonyl (C=O) groups excluding carboxylic acids is 1. The number of allylic oxidation sites excluding steroid dienone is 2. The standard InChI is InChI=1S/C7H8O4.Na/c8-5-3-1-2-4-7(5,11)6(9)10;/h1-5,8,11H,(H,9,10);/q;+1/p-1. The van der Waals surface area contributed by atoms with E-state index in [-0.39, 0.29) is 29.6 Å². The van der Waals surface area contributed by atoms with E-state index in [9.17, 15) is 9.90 Å². The fourth-order valence-electron chi connectivity index (χ4n) is 0.806. The van der Waals surface area contributed by atoms with Crippen LogP contribution in [0.1, 0.15) is 0 Å². The van der Waals surface area contributed by atoms with Crippen LogP contribution in [0.5, 0.6) is 0 Å². The number of carbonyl (C=O) groups is 1. The molecule has 0 heterocycles. The van der Waals surface area contributed by atoms with E-state index < -0.39 is 17.7 Å². The first-order chi connectivity index (χ1) is 5.07. The van der Waals surface area contributed by atoms with Gasteiger partial charge in [-0.05, 0) is 6.08 Å². The average Bonchev–Trinajstić information content (AvgIpc) is 1.95. The number of hydrogen-bond acceptors (Lipinski definition) is 4. The molecule has 0 amide bonds. The van der Waals surface area contributed by atoms with Gasteiger partial charge in [-0.25, -0.2) is 0 Å². The van der Waals surface area contributed by atoms with Gasteiger partial charge in [0.05, 0.1) is 5.97 Å². The van der Waals surface area contributed by atoms with Gasteiger partial charge in [-0.15, -0.1) is 0 Å². The molecule has 0 aromatic rings. The molecule has 0 aliphatic heterocycles. The van der Waals surface area contributed by atoms with Gasteiger partial charge in [0, 0.05) is 0 Å². The van der Waals surface area contributed by atoms with E-state index in [1.54, 1.807) is 0 Å². The molecule has 0 spiro atoms. The summed E-state index contributed by atoms with van der Waals surface area (Å²) in [6.07, 6.45) is 3.51. The molecule has 0 aromatic heterocycles. The minimum absolute atomic E-state index is 0. The Kier molecular flexibility index (Phi) is 4.16. The summed E-state index contributed by atoms with van der Waals surface area (Å²) in [4.78, 5) is 10.3. The largest absolute Gasteiger partial charge is 1.00 e. The normalized spacial score (nSPS) is 32.7. The molecule has 0 aromatic carbocycles. The van der Waals surface area contributed by atoms with E-state index in [2.05, 4.69) is 0 Å². The number of aliphatic carboxylic acids is 1. The number of carboxylic acids is 1. The van der Waals surface area contributed by atoms with Crippen LogP contribution < -0.4 is 34.7 Å². The van der Waals surface area contributed by atoms with Crippen LogP contribution in [-0.4, -0.2) is 27.9 Å². The summed E-state index contributed by atoms with van der Waals surface area (Å²) < 4.78 is 0. The predicted molar refractivity (Wildman–Crippen MR) is 34.2 cm³/mol. The summed E-state index contributed by atoms with van der Waals surface area (Å²) in [5.74, 6) is -1.70. The van der Waals surface area contributed by atoms with Gasteiger partial charge < -0.3 is 20.1 Å². The summed E-state index contributed by atoms with van der Waals surface area (Å²) in [5, 5.41) is 28.4. The maximum atomic E-state index is 10.3. The Labute approximate surface area is 91.5 Å². The summed E-state index contributed by atoms with van der Waals surface area (Å²) in [6.45, 7) is 0. The fraction of sp³-hybridized carbons (Fsp3) is 0.286. The number of aliphatic hydroxyl groups is 2. The maximum Gasteiger partial charge on any atom is 1.00 e. The van der Waals surface area contributed by atoms with E-state index in [1.165, 1.54) is 18.2 Å². The molecule has 0 radical (unpaired) electrons. The SMILES string of the molecule is O=C([O-])C1(O)C=CC=CC1O.[Na+]. The van der Waals surface area contributed by atoms with Crippen molar-refractivity contribution in [1.29, 1.82) is 0 Å². The number of hydrogen-bond donors (Lipinski definition) is 2. The van der Waals surface area contributed by atoms with Gasteiger partial charge in [-0.2, -0.15) is 0 Å². The molecule has 12 heavy (non-hydrogen) atoms. The zero-order valence-corrected chi connectivity index (χ0v) is 8.60. The molecule has 4 nitrogen and oxygen atoms in total. The second kappa shape index (κ2) is 4.20. The van der Waals surface area contributed by atoms with Crippen LogP contribution in [0.3, 0.4) is 0 Å². The Bertz CT molecular complexity index is 236. The summed E-state index contributed by atoms with van der Waals surface area (Å²) >= 11 is 0. The molecule has 0 saturated carbocycles. The van der Waals surface area contributed by atoms with E-state index in [4.69, 9.17) is 10.2 Å². The van der Waals surface area contributed by atoms with Crippen LogP contribution in [0.2, 0.25) is 0 Å². The van der Waals surface area contributed by atoms with E-state index in [0.717, 1.165) is 6.08 Å². The van der Waals surface area contributed by atoms with Crippen molar-refractivity contribution in [2.45, 2.75) is 11.7 Å². The van der Waals surface area contributed by atoms with Gasteiger partial charge in [-0.1, -0.05) is 18.2 Å². The number of carboxylic acid groups (broad SMARTS) is 1. The van der Waals surface area contributed by atoms with Crippen LogP contribution in [0, 0.1) is 0 Å². The Morgan fingerprint density at radius 1 is 1.50 bits per heavy atom. The van der Waals surface area contributed by atoms with Gasteiger partial charge in [0.15, 0.2) is 5.60 Å². The summed E-state index contributed by atoms with van der Waals surface area (Å²) in [7, 11) is 0. The topological polar surface area (TPSA) is 80.6 Å². The minimum Gasteiger partial charge on any atom is -0.547 e. The smallest absolute Gasteiger partial charge is 0.547 e. The fourth-order valence-corrected chi connectivity index (χ4v) is 0.806. The first-order valence-corrected chi connectivity index (χ1v) is 3.05. The molecular weight excluding hydrogens is 171 g/mol. The first-order valence-electron chi connectivity index (χ1n) is 3.05. The Hall–Kier alpha value is -0.130. The van der Waals surface area contributed by atoms with Gasteiger partial charge >= 0.3 is 29.6 Å². The Morgan fingerprint density at radius 3 is 2.42 bits per heavy atom. The summed E-state index contributed by atoms with van der Waals surface area (Å²) in [6, 6.07) is 0. The molecule has 0 bridgehead atoms. The first kappa shape index (κ1) is 11.9. The van der Waals surface area contributed by atoms with Crippen molar-refractivity contribution in [1.82, 2.24) is 0 Å². The zero-order valence-electron chi connectivity index (χ0n) is 6.60. The molecule has 1 aliphatic carbocycles. The van der Waals surface area contributed by atoms with Crippen LogP contribution in [0.4, 0.5) is 0 Å². The van der Waals surface area contributed by atoms with Crippen LogP contribution >= 0.6 is 0 Å². The van der Waals surface area contributed by atoms with Crippen LogP contribution in [0.15, 0.2) is 24.3 Å². The van der Waals surface area contributed by atoms with E-state index in [1.807, 2.05) is 0 Å². The molecule has 60 valence electrons. The minimum atomic E-state index is -2.27. The zero-order chi connectivity index (χ0) is 8.48. The van der Waals surface area contributed by atoms with Crippen molar-refractivity contribution >= 4 is 5.97 Å². The predicted octanol–water partition coefficient (Wildman–Crippen LogP) is -5.04. The number of aliphatic hydroxyl groups excluding tert-OH is 1. The Morgan fingerprint density at radius 2 is 2.08 bits per heavy atom. The molecule has 0 fully saturated rings. The molecule has 1 rings (SSSR count). The average molecular weight is 178 g/mol. The van der Waals surface area contributed by atoms with Gasteiger partial charge in [-0.3, -0.25) is 0 Å².